The van der Waals surface area contributed by atoms with Crippen molar-refractivity contribution in [3.63, 3.8) is 0 Å². The van der Waals surface area contributed by atoms with Crippen molar-refractivity contribution in [2.24, 2.45) is 0 Å². The number of para-hydroxylation sites is 2. The van der Waals surface area contributed by atoms with Crippen LogP contribution in [0.3, 0.4) is 0 Å². The molecule has 2 aromatic carbocycles. The standard InChI is InChI=1S/C17H16ClN3O2/c1-11-19-17(16(22)12-6-5-7-13(18)10-12)21(20-11)14-8-3-4-9-15(14)23-2/h3-10,16,22H,1-2H3. The van der Waals surface area contributed by atoms with E-state index in [1.807, 2.05) is 24.3 Å². The second kappa shape index (κ2) is 6.40. The van der Waals surface area contributed by atoms with Crippen molar-refractivity contribution in [3.8, 4) is 11.4 Å². The molecule has 1 unspecified atom stereocenters. The van der Waals surface area contributed by atoms with Gasteiger partial charge in [-0.25, -0.2) is 9.67 Å². The van der Waals surface area contributed by atoms with E-state index in [4.69, 9.17) is 16.3 Å². The molecule has 0 amide bonds. The highest BCUT2D eigenvalue weighted by Gasteiger charge is 2.21. The third kappa shape index (κ3) is 3.06. The Hall–Kier alpha value is -2.37. The molecule has 1 N–H and O–H groups in total. The molecule has 0 bridgehead atoms. The summed E-state index contributed by atoms with van der Waals surface area (Å²) in [5, 5.41) is 15.7. The van der Waals surface area contributed by atoms with Crippen molar-refractivity contribution in [2.75, 3.05) is 7.11 Å². The van der Waals surface area contributed by atoms with Gasteiger partial charge in [-0.2, -0.15) is 5.10 Å². The minimum Gasteiger partial charge on any atom is -0.494 e. The fourth-order valence-electron chi connectivity index (χ4n) is 2.42. The Balaban J connectivity index is 2.11. The molecule has 1 atom stereocenters. The number of methoxy groups -OCH3 is 1. The van der Waals surface area contributed by atoms with E-state index < -0.39 is 6.10 Å². The topological polar surface area (TPSA) is 60.2 Å². The summed E-state index contributed by atoms with van der Waals surface area (Å²) in [4.78, 5) is 4.37. The van der Waals surface area contributed by atoms with E-state index in [0.29, 0.717) is 33.7 Å². The number of nitrogens with zero attached hydrogens (tertiary/aromatic N) is 3. The summed E-state index contributed by atoms with van der Waals surface area (Å²) in [5.74, 6) is 1.62. The highest BCUT2D eigenvalue weighted by atomic mass is 35.5. The van der Waals surface area contributed by atoms with Crippen LogP contribution in [0.5, 0.6) is 5.75 Å². The zero-order chi connectivity index (χ0) is 16.4. The SMILES string of the molecule is COc1ccccc1-n1nc(C)nc1C(O)c1cccc(Cl)c1. The number of halogens is 1. The summed E-state index contributed by atoms with van der Waals surface area (Å²) in [5.41, 5.74) is 1.37. The van der Waals surface area contributed by atoms with Crippen molar-refractivity contribution < 1.29 is 9.84 Å². The highest BCUT2D eigenvalue weighted by molar-refractivity contribution is 6.30. The zero-order valence-corrected chi connectivity index (χ0v) is 13.5. The second-order valence-corrected chi connectivity index (χ2v) is 5.49. The van der Waals surface area contributed by atoms with E-state index in [9.17, 15) is 5.11 Å². The number of aliphatic hydroxyl groups is 1. The number of aliphatic hydroxyl groups excluding tert-OH is 1. The average Bonchev–Trinajstić information content (AvgIpc) is 2.95. The molecule has 6 heteroatoms. The molecule has 5 nitrogen and oxygen atoms in total. The minimum atomic E-state index is -0.945. The predicted octanol–water partition coefficient (Wildman–Crippen LogP) is 3.32. The first-order chi connectivity index (χ1) is 11.1. The molecular weight excluding hydrogens is 314 g/mol. The first-order valence-corrected chi connectivity index (χ1v) is 7.48. The first kappa shape index (κ1) is 15.5. The molecule has 3 aromatic rings. The van der Waals surface area contributed by atoms with Crippen LogP contribution in [0, 0.1) is 6.92 Å². The van der Waals surface area contributed by atoms with Crippen LogP contribution < -0.4 is 4.74 Å². The molecule has 0 aliphatic carbocycles. The molecule has 0 saturated heterocycles. The molecule has 0 aliphatic rings. The van der Waals surface area contributed by atoms with Crippen LogP contribution in [0.1, 0.15) is 23.3 Å². The molecule has 23 heavy (non-hydrogen) atoms. The quantitative estimate of drug-likeness (QED) is 0.797. The van der Waals surface area contributed by atoms with Gasteiger partial charge in [0.25, 0.3) is 0 Å². The van der Waals surface area contributed by atoms with Crippen molar-refractivity contribution in [1.29, 1.82) is 0 Å². The summed E-state index contributed by atoms with van der Waals surface area (Å²) >= 11 is 6.01. The van der Waals surface area contributed by atoms with Gasteiger partial charge in [-0.3, -0.25) is 0 Å². The third-order valence-electron chi connectivity index (χ3n) is 3.46. The van der Waals surface area contributed by atoms with Gasteiger partial charge < -0.3 is 9.84 Å². The smallest absolute Gasteiger partial charge is 0.165 e. The van der Waals surface area contributed by atoms with Crippen LogP contribution in [0.4, 0.5) is 0 Å². The van der Waals surface area contributed by atoms with Crippen LogP contribution in [0.2, 0.25) is 5.02 Å². The maximum absolute atomic E-state index is 10.7. The Labute approximate surface area is 139 Å². The summed E-state index contributed by atoms with van der Waals surface area (Å²) < 4.78 is 6.97. The van der Waals surface area contributed by atoms with Crippen molar-refractivity contribution in [1.82, 2.24) is 14.8 Å². The number of benzene rings is 2. The lowest BCUT2D eigenvalue weighted by Gasteiger charge is -2.14. The number of rotatable bonds is 4. The lowest BCUT2D eigenvalue weighted by atomic mass is 10.1. The van der Waals surface area contributed by atoms with Gasteiger partial charge in [0.1, 0.15) is 23.4 Å². The Morgan fingerprint density at radius 2 is 1.96 bits per heavy atom. The van der Waals surface area contributed by atoms with Crippen molar-refractivity contribution in [3.05, 3.63) is 70.8 Å². The molecule has 3 rings (SSSR count). The highest BCUT2D eigenvalue weighted by Crippen LogP contribution is 2.28. The third-order valence-corrected chi connectivity index (χ3v) is 3.70. The lowest BCUT2D eigenvalue weighted by Crippen LogP contribution is -2.10. The molecule has 1 heterocycles. The van der Waals surface area contributed by atoms with Crippen LogP contribution in [0.15, 0.2) is 48.5 Å². The van der Waals surface area contributed by atoms with Gasteiger partial charge in [0, 0.05) is 5.02 Å². The second-order valence-electron chi connectivity index (χ2n) is 5.06. The number of hydrogen-bond acceptors (Lipinski definition) is 4. The molecule has 0 saturated carbocycles. The van der Waals surface area contributed by atoms with Gasteiger partial charge in [0.15, 0.2) is 5.82 Å². The van der Waals surface area contributed by atoms with Crippen molar-refractivity contribution >= 4 is 11.6 Å². The van der Waals surface area contributed by atoms with E-state index in [-0.39, 0.29) is 0 Å². The summed E-state index contributed by atoms with van der Waals surface area (Å²) in [6.45, 7) is 1.78. The zero-order valence-electron chi connectivity index (χ0n) is 12.8. The van der Waals surface area contributed by atoms with E-state index in [2.05, 4.69) is 10.1 Å². The number of aromatic nitrogens is 3. The molecule has 0 fully saturated rings. The Morgan fingerprint density at radius 3 is 2.70 bits per heavy atom. The lowest BCUT2D eigenvalue weighted by molar-refractivity contribution is 0.206. The fourth-order valence-corrected chi connectivity index (χ4v) is 2.61. The van der Waals surface area contributed by atoms with Gasteiger partial charge in [-0.15, -0.1) is 0 Å². The number of hydrogen-bond donors (Lipinski definition) is 1. The van der Waals surface area contributed by atoms with Gasteiger partial charge in [0.2, 0.25) is 0 Å². The molecule has 118 valence electrons. The Kier molecular flexibility index (Phi) is 4.32. The maximum atomic E-state index is 10.7. The van der Waals surface area contributed by atoms with Crippen LogP contribution in [0.25, 0.3) is 5.69 Å². The summed E-state index contributed by atoms with van der Waals surface area (Å²) in [7, 11) is 1.59. The molecular formula is C17H16ClN3O2. The van der Waals surface area contributed by atoms with Gasteiger partial charge in [0.05, 0.1) is 7.11 Å². The van der Waals surface area contributed by atoms with Gasteiger partial charge in [-0.1, -0.05) is 35.9 Å². The van der Waals surface area contributed by atoms with E-state index in [0.717, 1.165) is 0 Å². The molecule has 0 aliphatic heterocycles. The predicted molar refractivity (Wildman–Crippen MR) is 88.2 cm³/mol. The monoisotopic (exact) mass is 329 g/mol. The minimum absolute atomic E-state index is 0.411. The summed E-state index contributed by atoms with van der Waals surface area (Å²) in [6.07, 6.45) is -0.945. The van der Waals surface area contributed by atoms with E-state index in [1.165, 1.54) is 0 Å². The maximum Gasteiger partial charge on any atom is 0.165 e. The van der Waals surface area contributed by atoms with E-state index in [1.54, 1.807) is 43.0 Å². The fraction of sp³-hybridized carbons (Fsp3) is 0.176. The molecule has 0 spiro atoms. The largest absolute Gasteiger partial charge is 0.494 e. The van der Waals surface area contributed by atoms with Crippen LogP contribution in [-0.4, -0.2) is 27.0 Å². The molecule has 0 radical (unpaired) electrons. The van der Waals surface area contributed by atoms with Crippen LogP contribution >= 0.6 is 11.6 Å². The first-order valence-electron chi connectivity index (χ1n) is 7.10. The van der Waals surface area contributed by atoms with Crippen molar-refractivity contribution in [2.45, 2.75) is 13.0 Å². The normalized spacial score (nSPS) is 12.2. The Morgan fingerprint density at radius 1 is 1.17 bits per heavy atom. The molecule has 1 aromatic heterocycles. The van der Waals surface area contributed by atoms with E-state index >= 15 is 0 Å². The summed E-state index contributed by atoms with van der Waals surface area (Å²) in [6, 6.07) is 14.5. The van der Waals surface area contributed by atoms with Gasteiger partial charge in [-0.05, 0) is 36.8 Å². The Bertz CT molecular complexity index is 832. The average molecular weight is 330 g/mol. The number of aryl methyl sites for hydroxylation is 1. The van der Waals surface area contributed by atoms with Gasteiger partial charge >= 0.3 is 0 Å². The van der Waals surface area contributed by atoms with Crippen LogP contribution in [-0.2, 0) is 0 Å². The number of ether oxygens (including phenoxy) is 1.